The second kappa shape index (κ2) is 4.51. The van der Waals surface area contributed by atoms with E-state index in [1.165, 1.54) is 24.4 Å². The second-order valence-corrected chi connectivity index (χ2v) is 2.68. The summed E-state index contributed by atoms with van der Waals surface area (Å²) in [4.78, 5) is 0. The van der Waals surface area contributed by atoms with Crippen LogP contribution in [0.2, 0.25) is 0 Å². The first kappa shape index (κ1) is 11.1. The summed E-state index contributed by atoms with van der Waals surface area (Å²) in [6.07, 6.45) is -1.78. The fraction of sp³-hybridized carbons (Fsp3) is 0.100. The zero-order valence-corrected chi connectivity index (χ0v) is 7.55. The quantitative estimate of drug-likeness (QED) is 0.764. The van der Waals surface area contributed by atoms with E-state index in [2.05, 4.69) is 5.32 Å². The zero-order valence-electron chi connectivity index (χ0n) is 7.55. The number of anilines is 1. The molecule has 0 heterocycles. The smallest absolute Gasteiger partial charge is 0.361 e. The standard InChI is InChI=1S/C10H7F3N2/c11-10(12,13)8-2-4-9(5-3-8)15-7-1-6-14/h1-5,7,15H. The highest BCUT2D eigenvalue weighted by atomic mass is 19.4. The van der Waals surface area contributed by atoms with Gasteiger partial charge in [-0.1, -0.05) is 0 Å². The number of hydrogen-bond acceptors (Lipinski definition) is 2. The van der Waals surface area contributed by atoms with Crippen molar-refractivity contribution in [1.29, 1.82) is 5.26 Å². The minimum absolute atomic E-state index is 0.495. The van der Waals surface area contributed by atoms with E-state index in [1.807, 2.05) is 0 Å². The summed E-state index contributed by atoms with van der Waals surface area (Å²) in [6.45, 7) is 0. The Morgan fingerprint density at radius 1 is 1.20 bits per heavy atom. The molecule has 0 bridgehead atoms. The van der Waals surface area contributed by atoms with Gasteiger partial charge in [-0.25, -0.2) is 0 Å². The van der Waals surface area contributed by atoms with Crippen molar-refractivity contribution < 1.29 is 13.2 Å². The van der Waals surface area contributed by atoms with Gasteiger partial charge >= 0.3 is 6.18 Å². The van der Waals surface area contributed by atoms with Crippen LogP contribution in [-0.4, -0.2) is 0 Å². The lowest BCUT2D eigenvalue weighted by Gasteiger charge is -2.07. The van der Waals surface area contributed by atoms with E-state index < -0.39 is 11.7 Å². The van der Waals surface area contributed by atoms with Crippen LogP contribution in [0.5, 0.6) is 0 Å². The van der Waals surface area contributed by atoms with Gasteiger partial charge in [0.15, 0.2) is 0 Å². The Bertz CT molecular complexity index is 385. The molecule has 0 radical (unpaired) electrons. The van der Waals surface area contributed by atoms with E-state index in [1.54, 1.807) is 6.07 Å². The maximum atomic E-state index is 12.1. The number of nitrogens with zero attached hydrogens (tertiary/aromatic N) is 1. The van der Waals surface area contributed by atoms with E-state index in [0.717, 1.165) is 12.1 Å². The summed E-state index contributed by atoms with van der Waals surface area (Å²) < 4.78 is 36.4. The van der Waals surface area contributed by atoms with Crippen LogP contribution in [0.1, 0.15) is 5.56 Å². The Morgan fingerprint density at radius 2 is 1.80 bits per heavy atom. The SMILES string of the molecule is N#CC=CNc1ccc(C(F)(F)F)cc1. The molecule has 15 heavy (non-hydrogen) atoms. The van der Waals surface area contributed by atoms with Crippen LogP contribution in [0.4, 0.5) is 18.9 Å². The molecule has 1 N–H and O–H groups in total. The van der Waals surface area contributed by atoms with Crippen LogP contribution in [0.3, 0.4) is 0 Å². The lowest BCUT2D eigenvalue weighted by molar-refractivity contribution is -0.137. The molecule has 1 rings (SSSR count). The molecule has 1 aromatic carbocycles. The van der Waals surface area contributed by atoms with Crippen LogP contribution in [0.15, 0.2) is 36.5 Å². The topological polar surface area (TPSA) is 35.8 Å². The van der Waals surface area contributed by atoms with Gasteiger partial charge in [0.1, 0.15) is 0 Å². The van der Waals surface area contributed by atoms with Crippen molar-refractivity contribution in [2.75, 3.05) is 5.32 Å². The molecule has 0 fully saturated rings. The predicted octanol–water partition coefficient (Wildman–Crippen LogP) is 3.15. The third-order valence-electron chi connectivity index (χ3n) is 1.62. The molecule has 0 aliphatic carbocycles. The molecule has 1 aromatic rings. The van der Waals surface area contributed by atoms with Gasteiger partial charge in [-0.15, -0.1) is 0 Å². The van der Waals surface area contributed by atoms with E-state index in [4.69, 9.17) is 5.26 Å². The number of alkyl halides is 3. The number of halogens is 3. The number of benzene rings is 1. The van der Waals surface area contributed by atoms with Gasteiger partial charge < -0.3 is 5.32 Å². The second-order valence-electron chi connectivity index (χ2n) is 2.68. The molecule has 5 heteroatoms. The van der Waals surface area contributed by atoms with Gasteiger partial charge in [-0.05, 0) is 24.3 Å². The van der Waals surface area contributed by atoms with Crippen LogP contribution in [0, 0.1) is 11.3 Å². The van der Waals surface area contributed by atoms with Crippen molar-refractivity contribution in [3.63, 3.8) is 0 Å². The molecule has 78 valence electrons. The predicted molar refractivity (Wildman–Crippen MR) is 49.8 cm³/mol. The highest BCUT2D eigenvalue weighted by Crippen LogP contribution is 2.29. The van der Waals surface area contributed by atoms with E-state index in [0.29, 0.717) is 5.69 Å². The molecule has 0 unspecified atom stereocenters. The average Bonchev–Trinajstić information content (AvgIpc) is 2.18. The highest BCUT2D eigenvalue weighted by molar-refractivity contribution is 5.47. The third-order valence-corrected chi connectivity index (χ3v) is 1.62. The number of hydrogen-bond donors (Lipinski definition) is 1. The van der Waals surface area contributed by atoms with Gasteiger partial charge in [0, 0.05) is 18.0 Å². The summed E-state index contributed by atoms with van der Waals surface area (Å²) in [5.41, 5.74) is -0.202. The first-order chi connectivity index (χ1) is 7.04. The third kappa shape index (κ3) is 3.35. The maximum absolute atomic E-state index is 12.1. The van der Waals surface area contributed by atoms with Crippen molar-refractivity contribution in [1.82, 2.24) is 0 Å². The first-order valence-electron chi connectivity index (χ1n) is 4.02. The van der Waals surface area contributed by atoms with E-state index in [9.17, 15) is 13.2 Å². The first-order valence-corrected chi connectivity index (χ1v) is 4.02. The lowest BCUT2D eigenvalue weighted by atomic mass is 10.2. The van der Waals surface area contributed by atoms with Crippen molar-refractivity contribution in [2.45, 2.75) is 6.18 Å². The monoisotopic (exact) mass is 212 g/mol. The minimum atomic E-state index is -4.32. The molecular formula is C10H7F3N2. The summed E-state index contributed by atoms with van der Waals surface area (Å²) in [6, 6.07) is 6.29. The summed E-state index contributed by atoms with van der Waals surface area (Å²) in [5, 5.41) is 10.8. The highest BCUT2D eigenvalue weighted by Gasteiger charge is 2.29. The zero-order chi connectivity index (χ0) is 11.3. The van der Waals surface area contributed by atoms with Crippen molar-refractivity contribution in [3.05, 3.63) is 42.1 Å². The van der Waals surface area contributed by atoms with E-state index in [-0.39, 0.29) is 0 Å². The molecule has 0 aliphatic rings. The molecule has 0 spiro atoms. The van der Waals surface area contributed by atoms with Crippen LogP contribution in [0.25, 0.3) is 0 Å². The van der Waals surface area contributed by atoms with Gasteiger partial charge in [0.05, 0.1) is 11.6 Å². The summed E-state index contributed by atoms with van der Waals surface area (Å²) in [7, 11) is 0. The molecule has 0 aliphatic heterocycles. The average molecular weight is 212 g/mol. The van der Waals surface area contributed by atoms with Gasteiger partial charge in [-0.3, -0.25) is 0 Å². The normalized spacial score (nSPS) is 11.3. The fourth-order valence-corrected chi connectivity index (χ4v) is 0.931. The van der Waals surface area contributed by atoms with Crippen molar-refractivity contribution in [2.24, 2.45) is 0 Å². The molecular weight excluding hydrogens is 205 g/mol. The van der Waals surface area contributed by atoms with Crippen LogP contribution < -0.4 is 5.32 Å². The molecule has 0 amide bonds. The molecule has 0 saturated carbocycles. The van der Waals surface area contributed by atoms with Gasteiger partial charge in [0.2, 0.25) is 0 Å². The van der Waals surface area contributed by atoms with Gasteiger partial charge in [-0.2, -0.15) is 18.4 Å². The molecule has 0 aromatic heterocycles. The van der Waals surface area contributed by atoms with Gasteiger partial charge in [0.25, 0.3) is 0 Å². The molecule has 2 nitrogen and oxygen atoms in total. The fourth-order valence-electron chi connectivity index (χ4n) is 0.931. The Labute approximate surface area is 84.6 Å². The summed E-state index contributed by atoms with van der Waals surface area (Å²) in [5.74, 6) is 0. The number of nitriles is 1. The Kier molecular flexibility index (Phi) is 3.34. The lowest BCUT2D eigenvalue weighted by Crippen LogP contribution is -2.04. The van der Waals surface area contributed by atoms with Crippen molar-refractivity contribution >= 4 is 5.69 Å². The number of nitrogens with one attached hydrogen (secondary N) is 1. The molecule has 0 atom stereocenters. The largest absolute Gasteiger partial charge is 0.416 e. The number of allylic oxidation sites excluding steroid dienone is 1. The minimum Gasteiger partial charge on any atom is -0.361 e. The maximum Gasteiger partial charge on any atom is 0.416 e. The van der Waals surface area contributed by atoms with Crippen molar-refractivity contribution in [3.8, 4) is 6.07 Å². The number of rotatable bonds is 2. The van der Waals surface area contributed by atoms with E-state index >= 15 is 0 Å². The van der Waals surface area contributed by atoms with Crippen LogP contribution >= 0.6 is 0 Å². The Hall–Kier alpha value is -1.96. The molecule has 0 saturated heterocycles. The summed E-state index contributed by atoms with van der Waals surface area (Å²) >= 11 is 0. The van der Waals surface area contributed by atoms with Crippen LogP contribution in [-0.2, 0) is 6.18 Å². The Morgan fingerprint density at radius 3 is 2.27 bits per heavy atom. The Balaban J connectivity index is 2.74.